The zero-order chi connectivity index (χ0) is 21.3. The third-order valence-corrected chi connectivity index (χ3v) is 4.96. The highest BCUT2D eigenvalue weighted by atomic mass is 19.1. The van der Waals surface area contributed by atoms with Gasteiger partial charge in [0.25, 0.3) is 5.91 Å². The van der Waals surface area contributed by atoms with Crippen LogP contribution in [0, 0.1) is 5.82 Å². The highest BCUT2D eigenvalue weighted by molar-refractivity contribution is 6.03. The minimum Gasteiger partial charge on any atom is -0.492 e. The van der Waals surface area contributed by atoms with Crippen LogP contribution in [0.1, 0.15) is 33.0 Å². The van der Waals surface area contributed by atoms with Crippen molar-refractivity contribution in [3.63, 3.8) is 0 Å². The molecule has 4 rings (SSSR count). The van der Waals surface area contributed by atoms with Crippen LogP contribution in [-0.2, 0) is 19.6 Å². The molecule has 0 bridgehead atoms. The summed E-state index contributed by atoms with van der Waals surface area (Å²) in [5, 5.41) is 12.5. The number of amides is 1. The van der Waals surface area contributed by atoms with E-state index in [1.807, 2.05) is 6.07 Å². The number of benzene rings is 1. The highest BCUT2D eigenvalue weighted by Crippen LogP contribution is 2.35. The average molecular weight is 408 g/mol. The molecule has 1 aliphatic heterocycles. The second kappa shape index (κ2) is 8.08. The van der Waals surface area contributed by atoms with Crippen LogP contribution in [0.25, 0.3) is 0 Å². The molecule has 1 aromatic carbocycles. The Hall–Kier alpha value is -3.52. The normalized spacial score (nSPS) is 12.8. The Balaban J connectivity index is 1.76. The first-order valence-corrected chi connectivity index (χ1v) is 9.42. The first-order valence-electron chi connectivity index (χ1n) is 9.42. The second-order valence-corrected chi connectivity index (χ2v) is 7.08. The van der Waals surface area contributed by atoms with Gasteiger partial charge in [0.05, 0.1) is 42.9 Å². The van der Waals surface area contributed by atoms with E-state index in [1.165, 1.54) is 13.2 Å². The Morgan fingerprint density at radius 1 is 1.23 bits per heavy atom. The predicted octanol–water partition coefficient (Wildman–Crippen LogP) is 3.04. The number of aromatic nitrogens is 2. The summed E-state index contributed by atoms with van der Waals surface area (Å²) >= 11 is 0. The first-order chi connectivity index (χ1) is 14.5. The summed E-state index contributed by atoms with van der Waals surface area (Å²) in [7, 11) is 3.10. The molecule has 30 heavy (non-hydrogen) atoms. The number of aliphatic hydroxyl groups excluding tert-OH is 1. The molecule has 1 aliphatic rings. The first kappa shape index (κ1) is 19.8. The summed E-state index contributed by atoms with van der Waals surface area (Å²) in [6, 6.07) is 9.90. The van der Waals surface area contributed by atoms with E-state index in [1.54, 1.807) is 42.4 Å². The molecule has 8 heteroatoms. The Labute approximate surface area is 173 Å². The van der Waals surface area contributed by atoms with Gasteiger partial charge in [-0.05, 0) is 35.9 Å². The van der Waals surface area contributed by atoms with E-state index in [0.717, 1.165) is 11.3 Å². The molecular weight excluding hydrogens is 387 g/mol. The quantitative estimate of drug-likeness (QED) is 0.652. The molecule has 7 nitrogen and oxygen atoms in total. The molecule has 2 aromatic heterocycles. The van der Waals surface area contributed by atoms with Crippen molar-refractivity contribution in [2.45, 2.75) is 19.6 Å². The van der Waals surface area contributed by atoms with E-state index in [2.05, 4.69) is 15.3 Å². The number of hydrogen-bond acceptors (Lipinski definition) is 6. The van der Waals surface area contributed by atoms with E-state index in [0.29, 0.717) is 41.3 Å². The van der Waals surface area contributed by atoms with Gasteiger partial charge in [0.2, 0.25) is 0 Å². The van der Waals surface area contributed by atoms with Crippen LogP contribution < -0.4 is 10.1 Å². The van der Waals surface area contributed by atoms with E-state index in [-0.39, 0.29) is 18.3 Å². The number of fused-ring (bicyclic) bond motifs is 1. The maximum atomic E-state index is 14.1. The molecule has 0 atom stereocenters. The Kier molecular flexibility index (Phi) is 5.33. The van der Waals surface area contributed by atoms with Crippen molar-refractivity contribution in [3.8, 4) is 5.75 Å². The van der Waals surface area contributed by atoms with Crippen LogP contribution in [0.2, 0.25) is 0 Å². The molecule has 3 aromatic rings. The van der Waals surface area contributed by atoms with Gasteiger partial charge in [-0.1, -0.05) is 6.07 Å². The van der Waals surface area contributed by atoms with E-state index < -0.39 is 5.82 Å². The Morgan fingerprint density at radius 3 is 2.83 bits per heavy atom. The highest BCUT2D eigenvalue weighted by Gasteiger charge is 2.30. The largest absolute Gasteiger partial charge is 0.492 e. The Bertz CT molecular complexity index is 1120. The van der Waals surface area contributed by atoms with Gasteiger partial charge in [-0.3, -0.25) is 14.8 Å². The maximum absolute atomic E-state index is 14.1. The zero-order valence-electron chi connectivity index (χ0n) is 16.6. The van der Waals surface area contributed by atoms with Gasteiger partial charge in [-0.15, -0.1) is 0 Å². The fourth-order valence-electron chi connectivity index (χ4n) is 3.55. The molecule has 0 aliphatic carbocycles. The number of carbonyl (C=O) groups is 1. The van der Waals surface area contributed by atoms with Crippen molar-refractivity contribution in [1.82, 2.24) is 14.9 Å². The number of methoxy groups -OCH3 is 1. The van der Waals surface area contributed by atoms with Crippen molar-refractivity contribution in [3.05, 3.63) is 76.6 Å². The lowest BCUT2D eigenvalue weighted by Gasteiger charge is -2.15. The summed E-state index contributed by atoms with van der Waals surface area (Å²) in [5.41, 5.74) is 4.28. The van der Waals surface area contributed by atoms with Crippen molar-refractivity contribution in [2.75, 3.05) is 19.5 Å². The summed E-state index contributed by atoms with van der Waals surface area (Å²) in [6.07, 6.45) is 2.07. The molecule has 0 fully saturated rings. The Morgan fingerprint density at radius 2 is 2.07 bits per heavy atom. The van der Waals surface area contributed by atoms with E-state index in [4.69, 9.17) is 4.74 Å². The van der Waals surface area contributed by atoms with Gasteiger partial charge < -0.3 is 20.1 Å². The third kappa shape index (κ3) is 3.69. The lowest BCUT2D eigenvalue weighted by Crippen LogP contribution is -2.18. The topological polar surface area (TPSA) is 87.6 Å². The van der Waals surface area contributed by atoms with Crippen molar-refractivity contribution in [1.29, 1.82) is 0 Å². The molecule has 0 unspecified atom stereocenters. The van der Waals surface area contributed by atoms with Gasteiger partial charge in [0.1, 0.15) is 0 Å². The van der Waals surface area contributed by atoms with Crippen molar-refractivity contribution >= 4 is 17.3 Å². The molecule has 1 amide bonds. The number of nitrogens with zero attached hydrogens (tertiary/aromatic N) is 3. The monoisotopic (exact) mass is 408 g/mol. The third-order valence-electron chi connectivity index (χ3n) is 4.96. The van der Waals surface area contributed by atoms with E-state index >= 15 is 0 Å². The summed E-state index contributed by atoms with van der Waals surface area (Å²) in [6.45, 7) is 0.319. The molecule has 0 radical (unpaired) electrons. The number of halogens is 1. The average Bonchev–Trinajstić information content (AvgIpc) is 3.02. The van der Waals surface area contributed by atoms with Crippen LogP contribution >= 0.6 is 0 Å². The van der Waals surface area contributed by atoms with Crippen LogP contribution in [-0.4, -0.2) is 40.0 Å². The van der Waals surface area contributed by atoms with Crippen LogP contribution in [0.5, 0.6) is 5.75 Å². The number of pyridine rings is 2. The van der Waals surface area contributed by atoms with Gasteiger partial charge in [0.15, 0.2) is 11.6 Å². The summed E-state index contributed by atoms with van der Waals surface area (Å²) in [5.74, 6) is -0.579. The minimum absolute atomic E-state index is 0.0701. The number of ether oxygens (including phenoxy) is 1. The predicted molar refractivity (Wildman–Crippen MR) is 109 cm³/mol. The standard InChI is InChI=1S/C22H21FN4O3/c1-27-11-19-20(22(27)29)18(26-17-5-3-4-16(23)21(17)30-2)10-15(25-19)9-14-8-13(12-28)6-7-24-14/h3-8,10,28H,9,11-12H2,1-2H3,(H,25,26). The number of nitrogens with one attached hydrogen (secondary N) is 1. The lowest BCUT2D eigenvalue weighted by atomic mass is 10.1. The number of anilines is 2. The number of para-hydroxylation sites is 1. The molecule has 2 N–H and O–H groups in total. The van der Waals surface area contributed by atoms with Crippen molar-refractivity contribution in [2.24, 2.45) is 0 Å². The molecule has 0 saturated heterocycles. The van der Waals surface area contributed by atoms with E-state index in [9.17, 15) is 14.3 Å². The smallest absolute Gasteiger partial charge is 0.257 e. The fourth-order valence-corrected chi connectivity index (χ4v) is 3.55. The van der Waals surface area contributed by atoms with Crippen molar-refractivity contribution < 1.29 is 19.0 Å². The van der Waals surface area contributed by atoms with Crippen LogP contribution in [0.3, 0.4) is 0 Å². The van der Waals surface area contributed by atoms with Gasteiger partial charge in [-0.2, -0.15) is 0 Å². The summed E-state index contributed by atoms with van der Waals surface area (Å²) < 4.78 is 19.3. The fraction of sp³-hybridized carbons (Fsp3) is 0.227. The molecule has 154 valence electrons. The summed E-state index contributed by atoms with van der Waals surface area (Å²) in [4.78, 5) is 23.3. The number of carbonyl (C=O) groups excluding carboxylic acids is 1. The lowest BCUT2D eigenvalue weighted by molar-refractivity contribution is 0.0817. The molecular formula is C22H21FN4O3. The molecule has 0 saturated carbocycles. The second-order valence-electron chi connectivity index (χ2n) is 7.08. The minimum atomic E-state index is -0.498. The molecule has 3 heterocycles. The number of rotatable bonds is 6. The zero-order valence-corrected chi connectivity index (χ0v) is 16.6. The van der Waals surface area contributed by atoms with Crippen LogP contribution in [0.4, 0.5) is 15.8 Å². The number of aliphatic hydroxyl groups is 1. The van der Waals surface area contributed by atoms with Crippen LogP contribution in [0.15, 0.2) is 42.6 Å². The van der Waals surface area contributed by atoms with Gasteiger partial charge in [-0.25, -0.2) is 4.39 Å². The SMILES string of the molecule is COc1c(F)cccc1Nc1cc(Cc2cc(CO)ccn2)nc2c1C(=O)N(C)C2. The van der Waals surface area contributed by atoms with Gasteiger partial charge >= 0.3 is 0 Å². The molecule has 0 spiro atoms. The maximum Gasteiger partial charge on any atom is 0.257 e. The number of hydrogen-bond donors (Lipinski definition) is 2. The van der Waals surface area contributed by atoms with Gasteiger partial charge in [0, 0.05) is 31.1 Å².